The number of halogens is 1. The molecule has 1 aromatic heterocycles. The van der Waals surface area contributed by atoms with Crippen molar-refractivity contribution < 1.29 is 33.1 Å². The zero-order valence-corrected chi connectivity index (χ0v) is 12.5. The molecule has 5 N–H and O–H groups in total. The van der Waals surface area contributed by atoms with Crippen LogP contribution in [0.1, 0.15) is 13.2 Å². The van der Waals surface area contributed by atoms with Crippen LogP contribution in [-0.4, -0.2) is 49.9 Å². The highest BCUT2D eigenvalue weighted by Gasteiger charge is 2.27. The van der Waals surface area contributed by atoms with Gasteiger partial charge >= 0.3 is 13.5 Å². The smallest absolute Gasteiger partial charge is 0.388 e. The SMILES string of the molecule is CC(O[C@H](COP(=O)(O)O)C(O)CF)n1ccc(N)nc1=O. The van der Waals surface area contributed by atoms with Gasteiger partial charge in [-0.3, -0.25) is 9.09 Å². The third-order valence-electron chi connectivity index (χ3n) is 2.61. The molecule has 1 rings (SSSR count). The first-order valence-electron chi connectivity index (χ1n) is 6.08. The molecule has 0 saturated heterocycles. The van der Waals surface area contributed by atoms with Gasteiger partial charge in [-0.15, -0.1) is 0 Å². The van der Waals surface area contributed by atoms with E-state index >= 15 is 0 Å². The number of nitrogen functional groups attached to an aromatic ring is 1. The first-order valence-corrected chi connectivity index (χ1v) is 7.61. The van der Waals surface area contributed by atoms with Gasteiger partial charge in [0.25, 0.3) is 0 Å². The number of rotatable bonds is 8. The van der Waals surface area contributed by atoms with Crippen molar-refractivity contribution in [3.63, 3.8) is 0 Å². The Hall–Kier alpha value is -1.36. The summed E-state index contributed by atoms with van der Waals surface area (Å²) in [5.74, 6) is -0.00127. The van der Waals surface area contributed by atoms with Gasteiger partial charge in [0, 0.05) is 6.20 Å². The van der Waals surface area contributed by atoms with Crippen molar-refractivity contribution >= 4 is 13.6 Å². The Kier molecular flexibility index (Phi) is 6.60. The van der Waals surface area contributed by atoms with E-state index in [0.29, 0.717) is 0 Å². The van der Waals surface area contributed by atoms with Gasteiger partial charge in [0.1, 0.15) is 30.9 Å². The first kappa shape index (κ1) is 18.7. The molecule has 0 spiro atoms. The Labute approximate surface area is 124 Å². The standard InChI is InChI=1S/C10H17FN3O7P/c1-6(14-3-2-9(12)13-10(14)16)21-8(7(15)4-11)5-20-22(17,18)19/h2-3,6-8,15H,4-5H2,1H3,(H2,12,13,16)(H2,17,18,19)/t6?,7?,8-/m1/s1. The second kappa shape index (κ2) is 7.77. The number of phosphoric ester groups is 1. The maximum absolute atomic E-state index is 12.6. The Balaban J connectivity index is 2.84. The zero-order chi connectivity index (χ0) is 16.9. The average Bonchev–Trinajstić information content (AvgIpc) is 2.41. The molecule has 3 atom stereocenters. The van der Waals surface area contributed by atoms with E-state index in [2.05, 4.69) is 9.51 Å². The van der Waals surface area contributed by atoms with Crippen LogP contribution in [0.5, 0.6) is 0 Å². The van der Waals surface area contributed by atoms with Gasteiger partial charge in [0.2, 0.25) is 0 Å². The molecule has 1 aromatic rings. The Morgan fingerprint density at radius 3 is 2.68 bits per heavy atom. The number of ether oxygens (including phenoxy) is 1. The summed E-state index contributed by atoms with van der Waals surface area (Å²) in [4.78, 5) is 32.3. The summed E-state index contributed by atoms with van der Waals surface area (Å²) in [5.41, 5.74) is 4.59. The predicted octanol–water partition coefficient (Wildman–Crippen LogP) is -0.831. The van der Waals surface area contributed by atoms with Gasteiger partial charge in [0.15, 0.2) is 0 Å². The number of alkyl halides is 1. The third kappa shape index (κ3) is 5.79. The molecule has 0 bridgehead atoms. The summed E-state index contributed by atoms with van der Waals surface area (Å²) >= 11 is 0. The number of aromatic nitrogens is 2. The lowest BCUT2D eigenvalue weighted by molar-refractivity contribution is -0.120. The summed E-state index contributed by atoms with van der Waals surface area (Å²) in [6, 6.07) is 1.33. The molecule has 126 valence electrons. The average molecular weight is 341 g/mol. The van der Waals surface area contributed by atoms with E-state index in [1.54, 1.807) is 0 Å². The van der Waals surface area contributed by atoms with E-state index in [9.17, 15) is 18.9 Å². The minimum Gasteiger partial charge on any atom is -0.388 e. The largest absolute Gasteiger partial charge is 0.469 e. The molecular weight excluding hydrogens is 324 g/mol. The van der Waals surface area contributed by atoms with Crippen LogP contribution in [0.2, 0.25) is 0 Å². The molecule has 0 saturated carbocycles. The fourth-order valence-corrected chi connectivity index (χ4v) is 1.87. The summed E-state index contributed by atoms with van der Waals surface area (Å²) in [6.07, 6.45) is -2.83. The van der Waals surface area contributed by atoms with Crippen molar-refractivity contribution in [1.29, 1.82) is 0 Å². The lowest BCUT2D eigenvalue weighted by Gasteiger charge is -2.26. The third-order valence-corrected chi connectivity index (χ3v) is 3.09. The minimum atomic E-state index is -4.81. The Morgan fingerprint density at radius 1 is 1.55 bits per heavy atom. The summed E-state index contributed by atoms with van der Waals surface area (Å²) in [6.45, 7) is -0.595. The summed E-state index contributed by atoms with van der Waals surface area (Å²) in [7, 11) is -4.81. The van der Waals surface area contributed by atoms with Crippen molar-refractivity contribution in [1.82, 2.24) is 9.55 Å². The molecule has 0 radical (unpaired) electrons. The predicted molar refractivity (Wildman–Crippen MR) is 72.5 cm³/mol. The van der Waals surface area contributed by atoms with E-state index in [4.69, 9.17) is 20.3 Å². The molecule has 0 amide bonds. The Bertz CT molecular complexity index is 592. The molecule has 12 heteroatoms. The molecule has 10 nitrogen and oxygen atoms in total. The van der Waals surface area contributed by atoms with Crippen molar-refractivity contribution in [3.8, 4) is 0 Å². The van der Waals surface area contributed by atoms with Crippen LogP contribution in [0, 0.1) is 0 Å². The van der Waals surface area contributed by atoms with Crippen LogP contribution >= 0.6 is 7.82 Å². The molecule has 2 unspecified atom stereocenters. The number of nitrogens with two attached hydrogens (primary N) is 1. The quantitative estimate of drug-likeness (QED) is 0.443. The summed E-state index contributed by atoms with van der Waals surface area (Å²) < 4.78 is 33.6. The molecule has 0 aromatic carbocycles. The van der Waals surface area contributed by atoms with Crippen molar-refractivity contribution in [3.05, 3.63) is 22.7 Å². The monoisotopic (exact) mass is 341 g/mol. The van der Waals surface area contributed by atoms with Crippen molar-refractivity contribution in [2.45, 2.75) is 25.4 Å². The zero-order valence-electron chi connectivity index (χ0n) is 11.6. The van der Waals surface area contributed by atoms with E-state index < -0.39 is 45.2 Å². The molecule has 22 heavy (non-hydrogen) atoms. The second-order valence-corrected chi connectivity index (χ2v) is 5.56. The highest BCUT2D eigenvalue weighted by atomic mass is 31.2. The number of hydrogen-bond donors (Lipinski definition) is 4. The van der Waals surface area contributed by atoms with Crippen LogP contribution in [0.25, 0.3) is 0 Å². The second-order valence-electron chi connectivity index (χ2n) is 4.32. The van der Waals surface area contributed by atoms with Crippen LogP contribution in [-0.2, 0) is 13.8 Å². The Morgan fingerprint density at radius 2 is 2.18 bits per heavy atom. The molecule has 0 fully saturated rings. The van der Waals surface area contributed by atoms with Gasteiger partial charge < -0.3 is 25.4 Å². The molecule has 0 aliphatic heterocycles. The lowest BCUT2D eigenvalue weighted by atomic mass is 10.2. The van der Waals surface area contributed by atoms with Gasteiger partial charge in [-0.2, -0.15) is 4.98 Å². The minimum absolute atomic E-state index is 0.00127. The van der Waals surface area contributed by atoms with Gasteiger partial charge in [-0.1, -0.05) is 0 Å². The van der Waals surface area contributed by atoms with E-state index in [0.717, 1.165) is 4.57 Å². The number of hydrogen-bond acceptors (Lipinski definition) is 7. The molecule has 0 aliphatic carbocycles. The number of aliphatic hydroxyl groups is 1. The van der Waals surface area contributed by atoms with Crippen LogP contribution in [0.3, 0.4) is 0 Å². The molecule has 1 heterocycles. The van der Waals surface area contributed by atoms with Gasteiger partial charge in [-0.25, -0.2) is 13.8 Å². The van der Waals surface area contributed by atoms with Crippen LogP contribution in [0.4, 0.5) is 10.2 Å². The number of aliphatic hydroxyl groups excluding tert-OH is 1. The van der Waals surface area contributed by atoms with Crippen LogP contribution in [0.15, 0.2) is 17.1 Å². The van der Waals surface area contributed by atoms with E-state index in [1.807, 2.05) is 0 Å². The first-order chi connectivity index (χ1) is 10.1. The highest BCUT2D eigenvalue weighted by Crippen LogP contribution is 2.36. The van der Waals surface area contributed by atoms with Crippen LogP contribution < -0.4 is 11.4 Å². The summed E-state index contributed by atoms with van der Waals surface area (Å²) in [5, 5.41) is 9.47. The van der Waals surface area contributed by atoms with Crippen molar-refractivity contribution in [2.24, 2.45) is 0 Å². The van der Waals surface area contributed by atoms with Gasteiger partial charge in [-0.05, 0) is 13.0 Å². The van der Waals surface area contributed by atoms with E-state index in [1.165, 1.54) is 19.2 Å². The molecular formula is C10H17FN3O7P. The van der Waals surface area contributed by atoms with E-state index in [-0.39, 0.29) is 5.82 Å². The van der Waals surface area contributed by atoms with Crippen molar-refractivity contribution in [2.75, 3.05) is 19.0 Å². The maximum atomic E-state index is 12.6. The number of anilines is 1. The normalized spacial score (nSPS) is 16.2. The topological polar surface area (TPSA) is 157 Å². The number of nitrogens with zero attached hydrogens (tertiary/aromatic N) is 2. The van der Waals surface area contributed by atoms with Gasteiger partial charge in [0.05, 0.1) is 6.61 Å². The number of phosphoric acid groups is 1. The lowest BCUT2D eigenvalue weighted by Crippen LogP contribution is -2.38. The molecule has 0 aliphatic rings. The fraction of sp³-hybridized carbons (Fsp3) is 0.600. The fourth-order valence-electron chi connectivity index (χ4n) is 1.53. The maximum Gasteiger partial charge on any atom is 0.469 e. The highest BCUT2D eigenvalue weighted by molar-refractivity contribution is 7.46.